The first-order valence-electron chi connectivity index (χ1n) is 15.3. The first-order valence-corrected chi connectivity index (χ1v) is 17.9. The predicted molar refractivity (Wildman–Crippen MR) is 180 cm³/mol. The molecular weight excluding hydrogens is 633 g/mol. The summed E-state index contributed by atoms with van der Waals surface area (Å²) in [5, 5.41) is 3.97. The van der Waals surface area contributed by atoms with Crippen molar-refractivity contribution in [3.63, 3.8) is 0 Å². The molecule has 0 radical (unpaired) electrons. The molecular formula is C34H41Cl2N3O5S. The molecule has 0 heterocycles. The van der Waals surface area contributed by atoms with Crippen molar-refractivity contribution in [1.82, 2.24) is 10.2 Å². The van der Waals surface area contributed by atoms with Crippen LogP contribution in [0.5, 0.6) is 5.75 Å². The summed E-state index contributed by atoms with van der Waals surface area (Å²) in [6.07, 6.45) is 5.54. The Bertz CT molecular complexity index is 1530. The summed E-state index contributed by atoms with van der Waals surface area (Å²) in [6, 6.07) is 20.9. The third kappa shape index (κ3) is 9.61. The molecule has 0 saturated heterocycles. The number of carbonyl (C=O) groups is 2. The van der Waals surface area contributed by atoms with Gasteiger partial charge in [0.15, 0.2) is 0 Å². The second-order valence-electron chi connectivity index (χ2n) is 11.3. The van der Waals surface area contributed by atoms with Crippen LogP contribution in [0.25, 0.3) is 0 Å². The molecule has 1 aliphatic rings. The van der Waals surface area contributed by atoms with Crippen LogP contribution >= 0.6 is 23.2 Å². The fourth-order valence-electron chi connectivity index (χ4n) is 5.70. The predicted octanol–water partition coefficient (Wildman–Crippen LogP) is 6.64. The number of hydrogen-bond donors (Lipinski definition) is 1. The average Bonchev–Trinajstić information content (AvgIpc) is 3.52. The van der Waals surface area contributed by atoms with Crippen LogP contribution in [0, 0.1) is 0 Å². The van der Waals surface area contributed by atoms with Gasteiger partial charge in [0.2, 0.25) is 21.8 Å². The summed E-state index contributed by atoms with van der Waals surface area (Å²) in [6.45, 7) is 2.27. The smallest absolute Gasteiger partial charge is 0.243 e. The number of hydrogen-bond acceptors (Lipinski definition) is 5. The maximum Gasteiger partial charge on any atom is 0.243 e. The van der Waals surface area contributed by atoms with Crippen molar-refractivity contribution in [2.75, 3.05) is 23.7 Å². The van der Waals surface area contributed by atoms with E-state index in [9.17, 15) is 18.0 Å². The molecule has 1 aliphatic carbocycles. The number of sulfonamides is 1. The van der Waals surface area contributed by atoms with E-state index in [0.717, 1.165) is 37.5 Å². The van der Waals surface area contributed by atoms with Crippen molar-refractivity contribution in [2.24, 2.45) is 0 Å². The van der Waals surface area contributed by atoms with Gasteiger partial charge in [-0.05, 0) is 56.0 Å². The zero-order chi connectivity index (χ0) is 32.4. The first-order chi connectivity index (χ1) is 21.6. The van der Waals surface area contributed by atoms with Crippen molar-refractivity contribution in [2.45, 2.75) is 70.5 Å². The quantitative estimate of drug-likeness (QED) is 0.195. The average molecular weight is 675 g/mol. The third-order valence-corrected chi connectivity index (χ3v) is 9.84. The number of benzene rings is 3. The summed E-state index contributed by atoms with van der Waals surface area (Å²) in [4.78, 5) is 29.6. The van der Waals surface area contributed by atoms with Crippen LogP contribution < -0.4 is 14.4 Å². The fraction of sp³-hybridized carbons (Fsp3) is 0.412. The monoisotopic (exact) mass is 673 g/mol. The fourth-order valence-corrected chi connectivity index (χ4v) is 7.18. The molecule has 1 fully saturated rings. The second-order valence-corrected chi connectivity index (χ2v) is 14.0. The van der Waals surface area contributed by atoms with E-state index in [4.69, 9.17) is 27.9 Å². The molecule has 0 aliphatic heterocycles. The molecule has 4 rings (SSSR count). The zero-order valence-corrected chi connectivity index (χ0v) is 28.1. The van der Waals surface area contributed by atoms with Gasteiger partial charge < -0.3 is 15.0 Å². The minimum Gasteiger partial charge on any atom is -0.492 e. The molecule has 2 amide bonds. The van der Waals surface area contributed by atoms with Gasteiger partial charge in [0.1, 0.15) is 11.8 Å². The molecule has 0 bridgehead atoms. The lowest BCUT2D eigenvalue weighted by atomic mass is 10.0. The van der Waals surface area contributed by atoms with Gasteiger partial charge in [-0.15, -0.1) is 0 Å². The zero-order valence-electron chi connectivity index (χ0n) is 25.8. The number of ether oxygens (including phenoxy) is 1. The van der Waals surface area contributed by atoms with Gasteiger partial charge in [-0.1, -0.05) is 84.6 Å². The van der Waals surface area contributed by atoms with Gasteiger partial charge >= 0.3 is 0 Å². The first kappa shape index (κ1) is 34.6. The largest absolute Gasteiger partial charge is 0.492 e. The Kier molecular flexibility index (Phi) is 12.6. The molecule has 1 saturated carbocycles. The van der Waals surface area contributed by atoms with Gasteiger partial charge in [0.05, 0.1) is 18.6 Å². The number of amides is 2. The Balaban J connectivity index is 1.63. The van der Waals surface area contributed by atoms with Crippen molar-refractivity contribution in [3.05, 3.63) is 94.0 Å². The van der Waals surface area contributed by atoms with Crippen LogP contribution in [0.15, 0.2) is 72.8 Å². The van der Waals surface area contributed by atoms with E-state index in [1.807, 2.05) is 37.3 Å². The normalized spacial score (nSPS) is 14.1. The standard InChI is InChI=1S/C34H41Cl2N3O5S/c1-3-44-32-20-10-9-19-30(32)39(45(2,42)43)22-12-21-33(40)38(24-27-28(35)17-11-18-29(27)36)31(23-25-13-5-4-6-14-25)34(41)37-26-15-7-8-16-26/h4-6,9-11,13-14,17-20,26,31H,3,7-8,12,15-16,21-24H2,1-2H3,(H,37,41)/t31-/m0/s1. The highest BCUT2D eigenvalue weighted by atomic mass is 35.5. The molecule has 45 heavy (non-hydrogen) atoms. The minimum absolute atomic E-state index is 0.00705. The summed E-state index contributed by atoms with van der Waals surface area (Å²) < 4.78 is 32.7. The van der Waals surface area contributed by atoms with E-state index in [-0.39, 0.29) is 43.8 Å². The Hall–Kier alpha value is -3.27. The third-order valence-electron chi connectivity index (χ3n) is 7.95. The maximum atomic E-state index is 14.1. The molecule has 242 valence electrons. The highest BCUT2D eigenvalue weighted by Gasteiger charge is 2.33. The van der Waals surface area contributed by atoms with E-state index >= 15 is 0 Å². The molecule has 3 aromatic rings. The van der Waals surface area contributed by atoms with Crippen LogP contribution in [0.4, 0.5) is 5.69 Å². The van der Waals surface area contributed by atoms with Crippen molar-refractivity contribution < 1.29 is 22.7 Å². The Morgan fingerprint density at radius 1 is 0.956 bits per heavy atom. The number of rotatable bonds is 15. The number of para-hydroxylation sites is 2. The number of nitrogens with one attached hydrogen (secondary N) is 1. The van der Waals surface area contributed by atoms with Crippen LogP contribution in [0.2, 0.25) is 10.0 Å². The summed E-state index contributed by atoms with van der Waals surface area (Å²) >= 11 is 13.1. The summed E-state index contributed by atoms with van der Waals surface area (Å²) in [7, 11) is -3.69. The van der Waals surface area contributed by atoms with E-state index < -0.39 is 16.1 Å². The number of anilines is 1. The summed E-state index contributed by atoms with van der Waals surface area (Å²) in [5.41, 5.74) is 1.86. The lowest BCUT2D eigenvalue weighted by Gasteiger charge is -2.33. The van der Waals surface area contributed by atoms with E-state index in [1.165, 1.54) is 4.31 Å². The van der Waals surface area contributed by atoms with Crippen molar-refractivity contribution in [1.29, 1.82) is 0 Å². The molecule has 0 unspecified atom stereocenters. The minimum atomic E-state index is -3.69. The van der Waals surface area contributed by atoms with Crippen LogP contribution in [-0.2, 0) is 32.6 Å². The van der Waals surface area contributed by atoms with Gasteiger partial charge in [0, 0.05) is 47.6 Å². The SMILES string of the molecule is CCOc1ccccc1N(CCCC(=O)N(Cc1c(Cl)cccc1Cl)[C@@H](Cc1ccccc1)C(=O)NC1CCCC1)S(C)(=O)=O. The molecule has 1 atom stereocenters. The Morgan fingerprint density at radius 3 is 2.24 bits per heavy atom. The molecule has 8 nitrogen and oxygen atoms in total. The Labute approximate surface area is 276 Å². The Morgan fingerprint density at radius 2 is 1.60 bits per heavy atom. The van der Waals surface area contributed by atoms with Crippen LogP contribution in [-0.4, -0.2) is 56.6 Å². The molecule has 3 aromatic carbocycles. The highest BCUT2D eigenvalue weighted by molar-refractivity contribution is 7.92. The molecule has 0 aromatic heterocycles. The van der Waals surface area contributed by atoms with E-state index in [0.29, 0.717) is 40.1 Å². The lowest BCUT2D eigenvalue weighted by Crippen LogP contribution is -2.52. The van der Waals surface area contributed by atoms with E-state index in [1.54, 1.807) is 47.4 Å². The highest BCUT2D eigenvalue weighted by Crippen LogP contribution is 2.31. The summed E-state index contributed by atoms with van der Waals surface area (Å²) in [5.74, 6) is -0.0936. The second kappa shape index (κ2) is 16.3. The van der Waals surface area contributed by atoms with Crippen molar-refractivity contribution >= 4 is 50.7 Å². The topological polar surface area (TPSA) is 96.0 Å². The number of carbonyl (C=O) groups excluding carboxylic acids is 2. The number of nitrogens with zero attached hydrogens (tertiary/aromatic N) is 2. The molecule has 0 spiro atoms. The molecule has 1 N–H and O–H groups in total. The van der Waals surface area contributed by atoms with E-state index in [2.05, 4.69) is 5.32 Å². The van der Waals surface area contributed by atoms with Gasteiger partial charge in [-0.25, -0.2) is 8.42 Å². The van der Waals surface area contributed by atoms with Crippen LogP contribution in [0.1, 0.15) is 56.6 Å². The van der Waals surface area contributed by atoms with Crippen LogP contribution in [0.3, 0.4) is 0 Å². The van der Waals surface area contributed by atoms with Gasteiger partial charge in [-0.2, -0.15) is 0 Å². The van der Waals surface area contributed by atoms with Crippen molar-refractivity contribution in [3.8, 4) is 5.75 Å². The molecule has 11 heteroatoms. The maximum absolute atomic E-state index is 14.1. The number of halogens is 2. The van der Waals surface area contributed by atoms with Gasteiger partial charge in [0.25, 0.3) is 0 Å². The van der Waals surface area contributed by atoms with Gasteiger partial charge in [-0.3, -0.25) is 13.9 Å². The lowest BCUT2D eigenvalue weighted by molar-refractivity contribution is -0.141.